The maximum Gasteiger partial charge on any atom is 0.408 e. The predicted octanol–water partition coefficient (Wildman–Crippen LogP) is 2.20. The summed E-state index contributed by atoms with van der Waals surface area (Å²) in [5, 5.41) is 2.44. The van der Waals surface area contributed by atoms with E-state index in [1.807, 2.05) is 0 Å². The number of halogens is 1. The van der Waals surface area contributed by atoms with Crippen LogP contribution >= 0.6 is 11.6 Å². The second-order valence-corrected chi connectivity index (χ2v) is 5.30. The van der Waals surface area contributed by atoms with E-state index < -0.39 is 17.7 Å². The molecule has 0 aliphatic rings. The molecule has 0 bridgehead atoms. The lowest BCUT2D eigenvalue weighted by Crippen LogP contribution is -2.35. The van der Waals surface area contributed by atoms with Crippen molar-refractivity contribution >= 4 is 24.0 Å². The minimum Gasteiger partial charge on any atom is -0.444 e. The highest BCUT2D eigenvalue weighted by molar-refractivity contribution is 6.28. The van der Waals surface area contributed by atoms with Gasteiger partial charge in [-0.3, -0.25) is 0 Å². The van der Waals surface area contributed by atoms with Gasteiger partial charge in [0.1, 0.15) is 17.9 Å². The summed E-state index contributed by atoms with van der Waals surface area (Å²) < 4.78 is 5.07. The molecule has 7 heteroatoms. The molecule has 1 heterocycles. The van der Waals surface area contributed by atoms with E-state index in [9.17, 15) is 9.59 Å². The summed E-state index contributed by atoms with van der Waals surface area (Å²) in [6.45, 7) is 6.91. The molecule has 6 nitrogen and oxygen atoms in total. The number of nitrogens with one attached hydrogen (secondary N) is 1. The van der Waals surface area contributed by atoms with Crippen LogP contribution in [0.3, 0.4) is 0 Å². The highest BCUT2D eigenvalue weighted by Crippen LogP contribution is 2.14. The van der Waals surface area contributed by atoms with E-state index in [4.69, 9.17) is 16.3 Å². The number of nitrogens with zero attached hydrogens (tertiary/aromatic N) is 2. The van der Waals surface area contributed by atoms with Gasteiger partial charge in [-0.05, 0) is 45.4 Å². The summed E-state index contributed by atoms with van der Waals surface area (Å²) in [6, 6.07) is 0.650. The molecule has 104 valence electrons. The zero-order chi connectivity index (χ0) is 14.6. The second kappa shape index (κ2) is 5.97. The van der Waals surface area contributed by atoms with Crippen LogP contribution in [0, 0.1) is 6.92 Å². The third kappa shape index (κ3) is 5.21. The molecular formula is C12H16ClN3O3. The minimum atomic E-state index is -0.922. The quantitative estimate of drug-likeness (QED) is 0.680. The van der Waals surface area contributed by atoms with E-state index in [-0.39, 0.29) is 5.28 Å². The van der Waals surface area contributed by atoms with Crippen LogP contribution in [0.1, 0.15) is 38.2 Å². The Labute approximate surface area is 116 Å². The molecule has 1 atom stereocenters. The summed E-state index contributed by atoms with van der Waals surface area (Å²) in [4.78, 5) is 30.4. The molecule has 0 spiro atoms. The second-order valence-electron chi connectivity index (χ2n) is 4.96. The van der Waals surface area contributed by atoms with Gasteiger partial charge in [0.2, 0.25) is 5.28 Å². The molecule has 0 radical (unpaired) electrons. The monoisotopic (exact) mass is 285 g/mol. The zero-order valence-corrected chi connectivity index (χ0v) is 12.0. The fraction of sp³-hybridized carbons (Fsp3) is 0.500. The lowest BCUT2D eigenvalue weighted by Gasteiger charge is -2.21. The molecule has 19 heavy (non-hydrogen) atoms. The van der Waals surface area contributed by atoms with Crippen LogP contribution < -0.4 is 5.32 Å². The molecule has 1 N–H and O–H groups in total. The summed E-state index contributed by atoms with van der Waals surface area (Å²) >= 11 is 5.71. The fourth-order valence-corrected chi connectivity index (χ4v) is 1.56. The SMILES string of the molecule is Cc1cc(C(C=O)NC(=O)OC(C)(C)C)nc(Cl)n1. The molecule has 1 aromatic rings. The van der Waals surface area contributed by atoms with Crippen LogP contribution in [0.15, 0.2) is 6.07 Å². The lowest BCUT2D eigenvalue weighted by molar-refractivity contribution is -0.109. The van der Waals surface area contributed by atoms with E-state index in [1.54, 1.807) is 33.8 Å². The van der Waals surface area contributed by atoms with Gasteiger partial charge < -0.3 is 14.8 Å². The predicted molar refractivity (Wildman–Crippen MR) is 70.0 cm³/mol. The highest BCUT2D eigenvalue weighted by Gasteiger charge is 2.21. The number of carbonyl (C=O) groups is 2. The van der Waals surface area contributed by atoms with Crippen molar-refractivity contribution in [1.82, 2.24) is 15.3 Å². The van der Waals surface area contributed by atoms with Gasteiger partial charge in [-0.15, -0.1) is 0 Å². The third-order valence-electron chi connectivity index (χ3n) is 1.97. The molecule has 1 aromatic heterocycles. The minimum absolute atomic E-state index is 0.0211. The van der Waals surface area contributed by atoms with Gasteiger partial charge >= 0.3 is 6.09 Å². The number of aryl methyl sites for hydroxylation is 1. The Hall–Kier alpha value is -1.69. The Bertz CT molecular complexity index is 465. The standard InChI is InChI=1S/C12H16ClN3O3/c1-7-5-8(15-10(13)14-7)9(6-17)16-11(18)19-12(2,3)4/h5-6,9H,1-4H3,(H,16,18). The van der Waals surface area contributed by atoms with Crippen molar-refractivity contribution in [3.8, 4) is 0 Å². The van der Waals surface area contributed by atoms with E-state index in [0.29, 0.717) is 17.7 Å². The number of aldehydes is 1. The summed E-state index contributed by atoms with van der Waals surface area (Å²) in [7, 11) is 0. The van der Waals surface area contributed by atoms with Gasteiger partial charge in [-0.2, -0.15) is 0 Å². The molecule has 0 aliphatic carbocycles. The molecular weight excluding hydrogens is 270 g/mol. The number of rotatable bonds is 3. The first-order chi connectivity index (χ1) is 8.71. The third-order valence-corrected chi connectivity index (χ3v) is 2.14. The average Bonchev–Trinajstić information content (AvgIpc) is 2.21. The fourth-order valence-electron chi connectivity index (χ4n) is 1.33. The summed E-state index contributed by atoms with van der Waals surface area (Å²) in [5.41, 5.74) is 0.280. The van der Waals surface area contributed by atoms with Crippen LogP contribution in [0.5, 0.6) is 0 Å². The van der Waals surface area contributed by atoms with Gasteiger partial charge in [-0.25, -0.2) is 14.8 Å². The highest BCUT2D eigenvalue weighted by atomic mass is 35.5. The van der Waals surface area contributed by atoms with Crippen molar-refractivity contribution in [2.24, 2.45) is 0 Å². The first-order valence-electron chi connectivity index (χ1n) is 5.67. The van der Waals surface area contributed by atoms with Crippen molar-refractivity contribution in [2.45, 2.75) is 39.3 Å². The Morgan fingerprint density at radius 2 is 2.11 bits per heavy atom. The molecule has 0 aromatic carbocycles. The molecule has 0 saturated carbocycles. The Morgan fingerprint density at radius 3 is 2.58 bits per heavy atom. The first-order valence-corrected chi connectivity index (χ1v) is 6.05. The Balaban J connectivity index is 2.84. The zero-order valence-electron chi connectivity index (χ0n) is 11.2. The number of hydrogen-bond donors (Lipinski definition) is 1. The van der Waals surface area contributed by atoms with Crippen LogP contribution in [0.2, 0.25) is 5.28 Å². The van der Waals surface area contributed by atoms with E-state index in [2.05, 4.69) is 15.3 Å². The molecule has 0 aliphatic heterocycles. The number of amides is 1. The van der Waals surface area contributed by atoms with Crippen molar-refractivity contribution < 1.29 is 14.3 Å². The molecule has 1 amide bonds. The maximum atomic E-state index is 11.6. The Morgan fingerprint density at radius 1 is 1.47 bits per heavy atom. The summed E-state index contributed by atoms with van der Waals surface area (Å²) in [6.07, 6.45) is -0.140. The van der Waals surface area contributed by atoms with E-state index in [1.165, 1.54) is 0 Å². The number of alkyl carbamates (subject to hydrolysis) is 1. The number of hydrogen-bond acceptors (Lipinski definition) is 5. The smallest absolute Gasteiger partial charge is 0.408 e. The van der Waals surface area contributed by atoms with Crippen molar-refractivity contribution in [2.75, 3.05) is 0 Å². The maximum absolute atomic E-state index is 11.6. The van der Waals surface area contributed by atoms with Crippen LogP contribution in [-0.4, -0.2) is 27.9 Å². The van der Waals surface area contributed by atoms with Crippen molar-refractivity contribution in [1.29, 1.82) is 0 Å². The van der Waals surface area contributed by atoms with Crippen molar-refractivity contribution in [3.63, 3.8) is 0 Å². The van der Waals surface area contributed by atoms with Crippen LogP contribution in [0.4, 0.5) is 4.79 Å². The van der Waals surface area contributed by atoms with Crippen LogP contribution in [-0.2, 0) is 9.53 Å². The first kappa shape index (κ1) is 15.4. The van der Waals surface area contributed by atoms with E-state index >= 15 is 0 Å². The largest absolute Gasteiger partial charge is 0.444 e. The number of carbonyl (C=O) groups excluding carboxylic acids is 2. The Kier molecular flexibility index (Phi) is 4.83. The summed E-state index contributed by atoms with van der Waals surface area (Å²) in [5.74, 6) is 0. The van der Waals surface area contributed by atoms with Gasteiger partial charge in [0.15, 0.2) is 0 Å². The molecule has 0 fully saturated rings. The van der Waals surface area contributed by atoms with Gasteiger partial charge in [0.05, 0.1) is 5.69 Å². The number of ether oxygens (including phenoxy) is 1. The van der Waals surface area contributed by atoms with Gasteiger partial charge in [-0.1, -0.05) is 0 Å². The van der Waals surface area contributed by atoms with Crippen LogP contribution in [0.25, 0.3) is 0 Å². The van der Waals surface area contributed by atoms with Gasteiger partial charge in [0, 0.05) is 5.69 Å². The topological polar surface area (TPSA) is 81.2 Å². The average molecular weight is 286 g/mol. The molecule has 0 saturated heterocycles. The van der Waals surface area contributed by atoms with Gasteiger partial charge in [0.25, 0.3) is 0 Å². The van der Waals surface area contributed by atoms with E-state index in [0.717, 1.165) is 0 Å². The van der Waals surface area contributed by atoms with Crippen molar-refractivity contribution in [3.05, 3.63) is 22.7 Å². The molecule has 1 rings (SSSR count). The lowest BCUT2D eigenvalue weighted by atomic mass is 10.2. The number of aromatic nitrogens is 2. The molecule has 1 unspecified atom stereocenters. The normalized spacial score (nSPS) is 12.7.